The molecule has 0 unspecified atom stereocenters. The molecule has 1 saturated heterocycles. The molecule has 2 aliphatic heterocycles. The summed E-state index contributed by atoms with van der Waals surface area (Å²) in [5.41, 5.74) is 2.79. The van der Waals surface area contributed by atoms with Gasteiger partial charge in [-0.15, -0.1) is 0 Å². The van der Waals surface area contributed by atoms with Crippen LogP contribution in [0.5, 0.6) is 0 Å². The average molecular weight is 436 g/mol. The lowest BCUT2D eigenvalue weighted by Crippen LogP contribution is -2.46. The predicted molar refractivity (Wildman–Crippen MR) is 109 cm³/mol. The Kier molecular flexibility index (Phi) is 5.44. The lowest BCUT2D eigenvalue weighted by molar-refractivity contribution is -0.123. The number of hydrogen-bond acceptors (Lipinski definition) is 5. The molecule has 1 amide bonds. The largest absolute Gasteiger partial charge is 0.360 e. The van der Waals surface area contributed by atoms with Crippen molar-refractivity contribution < 1.29 is 22.1 Å². The van der Waals surface area contributed by atoms with Gasteiger partial charge < -0.3 is 9.42 Å². The van der Waals surface area contributed by atoms with Crippen LogP contribution in [-0.2, 0) is 21.2 Å². The van der Waals surface area contributed by atoms with E-state index in [9.17, 15) is 17.6 Å². The number of halogens is 1. The Balaban J connectivity index is 1.50. The second-order valence-electron chi connectivity index (χ2n) is 8.16. The zero-order valence-electron chi connectivity index (χ0n) is 17.4. The number of sulfonamides is 1. The Morgan fingerprint density at radius 1 is 1.17 bits per heavy atom. The fourth-order valence-corrected chi connectivity index (χ4v) is 6.44. The summed E-state index contributed by atoms with van der Waals surface area (Å²) in [6.45, 7) is 6.17. The molecule has 30 heavy (non-hydrogen) atoms. The first kappa shape index (κ1) is 21.0. The summed E-state index contributed by atoms with van der Waals surface area (Å²) in [5, 5.41) is 3.75. The fourth-order valence-electron chi connectivity index (χ4n) is 4.68. The second-order valence-corrected chi connectivity index (χ2v) is 10.0. The Labute approximate surface area is 175 Å². The topological polar surface area (TPSA) is 83.7 Å². The van der Waals surface area contributed by atoms with Crippen molar-refractivity contribution in [1.82, 2.24) is 9.46 Å². The Hall–Kier alpha value is -2.26. The Bertz CT molecular complexity index is 1070. The molecule has 4 rings (SSSR count). The smallest absolute Gasteiger partial charge is 0.248 e. The highest BCUT2D eigenvalue weighted by Gasteiger charge is 2.37. The van der Waals surface area contributed by atoms with Gasteiger partial charge in [-0.05, 0) is 69.7 Å². The summed E-state index contributed by atoms with van der Waals surface area (Å²) < 4.78 is 46.2. The summed E-state index contributed by atoms with van der Waals surface area (Å²) in [6.07, 6.45) is 2.45. The van der Waals surface area contributed by atoms with Crippen LogP contribution in [0.2, 0.25) is 0 Å². The number of benzene rings is 1. The standard InChI is InChI=1S/C21H26FN3O4S/c1-13-11-18(22)12-17-5-4-8-25(19(13)17)21(26)16-6-9-24(10-7-16)30(27,28)20-14(2)23-29-15(20)3/h11-12,16H,4-10H2,1-3H3. The van der Waals surface area contributed by atoms with Gasteiger partial charge in [-0.2, -0.15) is 4.31 Å². The van der Waals surface area contributed by atoms with Crippen molar-refractivity contribution in [2.75, 3.05) is 24.5 Å². The number of amides is 1. The summed E-state index contributed by atoms with van der Waals surface area (Å²) in [7, 11) is -3.70. The van der Waals surface area contributed by atoms with E-state index >= 15 is 0 Å². The molecule has 1 aromatic carbocycles. The van der Waals surface area contributed by atoms with Crippen molar-refractivity contribution in [3.8, 4) is 0 Å². The molecule has 0 radical (unpaired) electrons. The number of nitrogens with zero attached hydrogens (tertiary/aromatic N) is 3. The van der Waals surface area contributed by atoms with E-state index in [1.54, 1.807) is 18.7 Å². The zero-order chi connectivity index (χ0) is 21.6. The SMILES string of the molecule is Cc1cc(F)cc2c1N(C(=O)C1CCN(S(=O)(=O)c3c(C)noc3C)CC1)CCC2. The Morgan fingerprint density at radius 2 is 1.87 bits per heavy atom. The van der Waals surface area contributed by atoms with Gasteiger partial charge in [0.25, 0.3) is 0 Å². The molecule has 9 heteroatoms. The molecule has 1 aromatic heterocycles. The van der Waals surface area contributed by atoms with Crippen LogP contribution in [0.3, 0.4) is 0 Å². The van der Waals surface area contributed by atoms with Crippen molar-refractivity contribution in [1.29, 1.82) is 0 Å². The number of hydrogen-bond donors (Lipinski definition) is 0. The lowest BCUT2D eigenvalue weighted by atomic mass is 9.92. The molecule has 0 N–H and O–H groups in total. The zero-order valence-corrected chi connectivity index (χ0v) is 18.3. The quantitative estimate of drug-likeness (QED) is 0.740. The third-order valence-corrected chi connectivity index (χ3v) is 8.22. The minimum atomic E-state index is -3.70. The number of carbonyl (C=O) groups is 1. The van der Waals surface area contributed by atoms with E-state index in [0.29, 0.717) is 25.1 Å². The first-order valence-corrected chi connectivity index (χ1v) is 11.7. The number of aryl methyl sites for hydroxylation is 4. The van der Waals surface area contributed by atoms with Gasteiger partial charge >= 0.3 is 0 Å². The van der Waals surface area contributed by atoms with E-state index in [0.717, 1.165) is 29.7 Å². The van der Waals surface area contributed by atoms with Gasteiger partial charge in [-0.3, -0.25) is 4.79 Å². The minimum Gasteiger partial charge on any atom is -0.360 e. The van der Waals surface area contributed by atoms with Crippen LogP contribution in [0, 0.1) is 32.5 Å². The molecule has 0 aliphatic carbocycles. The summed E-state index contributed by atoms with van der Waals surface area (Å²) in [5.74, 6) is -0.256. The molecule has 3 heterocycles. The number of carbonyl (C=O) groups excluding carboxylic acids is 1. The molecular weight excluding hydrogens is 409 g/mol. The third kappa shape index (κ3) is 3.54. The maximum absolute atomic E-state index is 13.8. The van der Waals surface area contributed by atoms with Crippen LogP contribution >= 0.6 is 0 Å². The molecule has 0 saturated carbocycles. The van der Waals surface area contributed by atoms with Crippen LogP contribution < -0.4 is 4.90 Å². The first-order valence-electron chi connectivity index (χ1n) is 10.2. The van der Waals surface area contributed by atoms with E-state index in [4.69, 9.17) is 4.52 Å². The van der Waals surface area contributed by atoms with Crippen LogP contribution in [0.4, 0.5) is 10.1 Å². The van der Waals surface area contributed by atoms with Gasteiger partial charge in [0.15, 0.2) is 5.76 Å². The predicted octanol–water partition coefficient (Wildman–Crippen LogP) is 3.12. The van der Waals surface area contributed by atoms with Gasteiger partial charge in [0.2, 0.25) is 15.9 Å². The number of fused-ring (bicyclic) bond motifs is 1. The highest BCUT2D eigenvalue weighted by atomic mass is 32.2. The fraction of sp³-hybridized carbons (Fsp3) is 0.524. The number of aromatic nitrogens is 1. The van der Waals surface area contributed by atoms with Crippen molar-refractivity contribution in [3.63, 3.8) is 0 Å². The summed E-state index contributed by atoms with van der Waals surface area (Å²) in [4.78, 5) is 15.2. The number of anilines is 1. The normalized spacial score (nSPS) is 18.5. The highest BCUT2D eigenvalue weighted by molar-refractivity contribution is 7.89. The Morgan fingerprint density at radius 3 is 2.50 bits per heavy atom. The van der Waals surface area contributed by atoms with Crippen LogP contribution in [0.25, 0.3) is 0 Å². The molecule has 7 nitrogen and oxygen atoms in total. The molecule has 1 fully saturated rings. The molecule has 0 bridgehead atoms. The van der Waals surface area contributed by atoms with Gasteiger partial charge in [-0.25, -0.2) is 12.8 Å². The van der Waals surface area contributed by atoms with Gasteiger partial charge in [0.05, 0.1) is 0 Å². The first-order chi connectivity index (χ1) is 14.2. The average Bonchev–Trinajstić information content (AvgIpc) is 3.05. The number of piperidine rings is 1. The molecule has 0 spiro atoms. The van der Waals surface area contributed by atoms with E-state index in [1.807, 2.05) is 6.92 Å². The second kappa shape index (κ2) is 7.77. The molecule has 2 aromatic rings. The monoisotopic (exact) mass is 435 g/mol. The van der Waals surface area contributed by atoms with Crippen LogP contribution in [-0.4, -0.2) is 43.4 Å². The molecule has 2 aliphatic rings. The summed E-state index contributed by atoms with van der Waals surface area (Å²) >= 11 is 0. The van der Waals surface area contributed by atoms with Crippen LogP contribution in [0.15, 0.2) is 21.6 Å². The van der Waals surface area contributed by atoms with Gasteiger partial charge in [-0.1, -0.05) is 5.16 Å². The van der Waals surface area contributed by atoms with Crippen LogP contribution in [0.1, 0.15) is 41.8 Å². The van der Waals surface area contributed by atoms with E-state index in [-0.39, 0.29) is 41.4 Å². The van der Waals surface area contributed by atoms with Crippen molar-refractivity contribution in [2.24, 2.45) is 5.92 Å². The maximum atomic E-state index is 13.8. The maximum Gasteiger partial charge on any atom is 0.248 e. The van der Waals surface area contributed by atoms with Crippen molar-refractivity contribution >= 4 is 21.6 Å². The lowest BCUT2D eigenvalue weighted by Gasteiger charge is -2.36. The van der Waals surface area contributed by atoms with Gasteiger partial charge in [0.1, 0.15) is 16.4 Å². The van der Waals surface area contributed by atoms with E-state index in [2.05, 4.69) is 5.16 Å². The van der Waals surface area contributed by atoms with Crippen molar-refractivity contribution in [2.45, 2.75) is 51.3 Å². The molecule has 0 atom stereocenters. The molecular formula is C21H26FN3O4S. The minimum absolute atomic E-state index is 0.0000417. The highest BCUT2D eigenvalue weighted by Crippen LogP contribution is 2.35. The summed E-state index contributed by atoms with van der Waals surface area (Å²) in [6, 6.07) is 2.98. The van der Waals surface area contributed by atoms with Gasteiger partial charge in [0, 0.05) is 31.2 Å². The van der Waals surface area contributed by atoms with E-state index < -0.39 is 10.0 Å². The number of rotatable bonds is 3. The third-order valence-electron chi connectivity index (χ3n) is 6.08. The van der Waals surface area contributed by atoms with Crippen molar-refractivity contribution in [3.05, 3.63) is 40.5 Å². The van der Waals surface area contributed by atoms with E-state index in [1.165, 1.54) is 16.4 Å². The molecule has 162 valence electrons.